The smallest absolute Gasteiger partial charge is 0.245 e. The second-order valence-corrected chi connectivity index (χ2v) is 6.05. The molecular formula is C16H25N5. The molecule has 5 heteroatoms. The monoisotopic (exact) mass is 287 g/mol. The minimum absolute atomic E-state index is 0.479. The summed E-state index contributed by atoms with van der Waals surface area (Å²) < 4.78 is 1.88. The third kappa shape index (κ3) is 2.75. The lowest BCUT2D eigenvalue weighted by molar-refractivity contribution is 0.298. The van der Waals surface area contributed by atoms with Gasteiger partial charge in [-0.3, -0.25) is 0 Å². The fraction of sp³-hybridized carbons (Fsp3) is 0.625. The molecule has 3 rings (SSSR count). The third-order valence-electron chi connectivity index (χ3n) is 4.64. The van der Waals surface area contributed by atoms with Crippen LogP contribution in [0, 0.1) is 12.8 Å². The molecule has 2 unspecified atom stereocenters. The average molecular weight is 287 g/mol. The van der Waals surface area contributed by atoms with Gasteiger partial charge in [-0.05, 0) is 50.8 Å². The van der Waals surface area contributed by atoms with Gasteiger partial charge in [0.05, 0.1) is 0 Å². The van der Waals surface area contributed by atoms with Crippen molar-refractivity contribution in [1.82, 2.24) is 14.6 Å². The van der Waals surface area contributed by atoms with Crippen LogP contribution in [0.1, 0.15) is 38.2 Å². The van der Waals surface area contributed by atoms with Gasteiger partial charge < -0.3 is 10.6 Å². The Kier molecular flexibility index (Phi) is 4.10. The lowest BCUT2D eigenvalue weighted by Crippen LogP contribution is -2.45. The summed E-state index contributed by atoms with van der Waals surface area (Å²) in [4.78, 5) is 7.05. The van der Waals surface area contributed by atoms with E-state index in [1.54, 1.807) is 0 Å². The van der Waals surface area contributed by atoms with Crippen molar-refractivity contribution in [2.45, 2.75) is 45.6 Å². The molecule has 114 valence electrons. The molecule has 0 aromatic carbocycles. The van der Waals surface area contributed by atoms with Gasteiger partial charge in [-0.15, -0.1) is 5.10 Å². The standard InChI is InChI=1S/C16H25N5/c1-3-20(14-7-5-4-6-13(14)10-17)16-18-15-9-8-12(2)11-21(15)19-16/h8-9,11,13-14H,3-7,10,17H2,1-2H3. The van der Waals surface area contributed by atoms with Crippen LogP contribution in [0.3, 0.4) is 0 Å². The number of anilines is 1. The molecule has 0 saturated heterocycles. The molecular weight excluding hydrogens is 262 g/mol. The number of fused-ring (bicyclic) bond motifs is 1. The first-order valence-electron chi connectivity index (χ1n) is 8.02. The Labute approximate surface area is 126 Å². The summed E-state index contributed by atoms with van der Waals surface area (Å²) in [6, 6.07) is 4.58. The first-order valence-corrected chi connectivity index (χ1v) is 8.02. The zero-order chi connectivity index (χ0) is 14.8. The van der Waals surface area contributed by atoms with Gasteiger partial charge in [-0.25, -0.2) is 4.52 Å². The Morgan fingerprint density at radius 2 is 2.14 bits per heavy atom. The van der Waals surface area contributed by atoms with Crippen molar-refractivity contribution in [3.8, 4) is 0 Å². The van der Waals surface area contributed by atoms with Crippen LogP contribution in [0.15, 0.2) is 18.3 Å². The maximum atomic E-state index is 5.99. The molecule has 5 nitrogen and oxygen atoms in total. The molecule has 1 aliphatic rings. The van der Waals surface area contributed by atoms with E-state index in [1.807, 2.05) is 16.8 Å². The molecule has 2 aromatic heterocycles. The highest BCUT2D eigenvalue weighted by Crippen LogP contribution is 2.30. The molecule has 1 aliphatic carbocycles. The number of hydrogen-bond acceptors (Lipinski definition) is 4. The minimum atomic E-state index is 0.479. The summed E-state index contributed by atoms with van der Waals surface area (Å²) in [7, 11) is 0. The predicted octanol–water partition coefficient (Wildman–Crippen LogP) is 2.38. The van der Waals surface area contributed by atoms with Crippen LogP contribution in [-0.2, 0) is 0 Å². The number of pyridine rings is 1. The maximum absolute atomic E-state index is 5.99. The molecule has 2 aromatic rings. The first-order chi connectivity index (χ1) is 10.2. The Morgan fingerprint density at radius 1 is 1.33 bits per heavy atom. The Bertz CT molecular complexity index is 606. The van der Waals surface area contributed by atoms with Gasteiger partial charge in [0.2, 0.25) is 5.95 Å². The number of aromatic nitrogens is 3. The van der Waals surface area contributed by atoms with E-state index in [4.69, 9.17) is 10.7 Å². The van der Waals surface area contributed by atoms with Crippen molar-refractivity contribution in [3.05, 3.63) is 23.9 Å². The maximum Gasteiger partial charge on any atom is 0.245 e. The molecule has 0 aliphatic heterocycles. The van der Waals surface area contributed by atoms with E-state index < -0.39 is 0 Å². The van der Waals surface area contributed by atoms with Crippen molar-refractivity contribution in [1.29, 1.82) is 0 Å². The molecule has 21 heavy (non-hydrogen) atoms. The first kappa shape index (κ1) is 14.3. The van der Waals surface area contributed by atoms with Gasteiger partial charge in [0.25, 0.3) is 0 Å². The highest BCUT2D eigenvalue weighted by molar-refractivity contribution is 5.46. The molecule has 0 amide bonds. The Hall–Kier alpha value is -1.62. The van der Waals surface area contributed by atoms with E-state index in [1.165, 1.54) is 31.2 Å². The summed E-state index contributed by atoms with van der Waals surface area (Å²) in [5, 5.41) is 4.68. The van der Waals surface area contributed by atoms with Gasteiger partial charge in [-0.2, -0.15) is 4.98 Å². The van der Waals surface area contributed by atoms with E-state index >= 15 is 0 Å². The minimum Gasteiger partial charge on any atom is -0.336 e. The molecule has 0 radical (unpaired) electrons. The number of rotatable bonds is 4. The summed E-state index contributed by atoms with van der Waals surface area (Å²) in [6.45, 7) is 5.94. The van der Waals surface area contributed by atoms with Crippen LogP contribution >= 0.6 is 0 Å². The largest absolute Gasteiger partial charge is 0.336 e. The summed E-state index contributed by atoms with van der Waals surface area (Å²) in [5.41, 5.74) is 8.09. The lowest BCUT2D eigenvalue weighted by Gasteiger charge is -2.38. The highest BCUT2D eigenvalue weighted by Gasteiger charge is 2.30. The van der Waals surface area contributed by atoms with E-state index in [0.29, 0.717) is 12.0 Å². The number of aryl methyl sites for hydroxylation is 1. The van der Waals surface area contributed by atoms with Gasteiger partial charge in [0.15, 0.2) is 5.65 Å². The quantitative estimate of drug-likeness (QED) is 0.938. The molecule has 1 saturated carbocycles. The number of nitrogens with zero attached hydrogens (tertiary/aromatic N) is 4. The lowest BCUT2D eigenvalue weighted by atomic mass is 9.83. The zero-order valence-corrected chi connectivity index (χ0v) is 13.0. The van der Waals surface area contributed by atoms with Crippen LogP contribution in [0.2, 0.25) is 0 Å². The van der Waals surface area contributed by atoms with E-state index in [9.17, 15) is 0 Å². The summed E-state index contributed by atoms with van der Waals surface area (Å²) >= 11 is 0. The average Bonchev–Trinajstić information content (AvgIpc) is 2.91. The van der Waals surface area contributed by atoms with Crippen LogP contribution in [0.5, 0.6) is 0 Å². The van der Waals surface area contributed by atoms with E-state index in [2.05, 4.69) is 29.9 Å². The molecule has 2 atom stereocenters. The van der Waals surface area contributed by atoms with Crippen molar-refractivity contribution < 1.29 is 0 Å². The van der Waals surface area contributed by atoms with E-state index in [0.717, 1.165) is 24.7 Å². The van der Waals surface area contributed by atoms with Crippen LogP contribution in [0.4, 0.5) is 5.95 Å². The second-order valence-electron chi connectivity index (χ2n) is 6.05. The third-order valence-corrected chi connectivity index (χ3v) is 4.64. The van der Waals surface area contributed by atoms with Crippen LogP contribution in [0.25, 0.3) is 5.65 Å². The fourth-order valence-electron chi connectivity index (χ4n) is 3.49. The Morgan fingerprint density at radius 3 is 2.90 bits per heavy atom. The highest BCUT2D eigenvalue weighted by atomic mass is 15.4. The van der Waals surface area contributed by atoms with Crippen molar-refractivity contribution in [2.75, 3.05) is 18.0 Å². The van der Waals surface area contributed by atoms with Gasteiger partial charge in [0.1, 0.15) is 0 Å². The molecule has 2 N–H and O–H groups in total. The molecule has 2 heterocycles. The van der Waals surface area contributed by atoms with Crippen LogP contribution < -0.4 is 10.6 Å². The molecule has 1 fully saturated rings. The predicted molar refractivity (Wildman–Crippen MR) is 85.5 cm³/mol. The molecule has 0 spiro atoms. The number of nitrogens with two attached hydrogens (primary N) is 1. The van der Waals surface area contributed by atoms with E-state index in [-0.39, 0.29) is 0 Å². The topological polar surface area (TPSA) is 59.5 Å². The van der Waals surface area contributed by atoms with Crippen molar-refractivity contribution in [3.63, 3.8) is 0 Å². The molecule has 0 bridgehead atoms. The fourth-order valence-corrected chi connectivity index (χ4v) is 3.49. The SMILES string of the molecule is CCN(c1nc2ccc(C)cn2n1)C1CCCCC1CN. The zero-order valence-electron chi connectivity index (χ0n) is 13.0. The van der Waals surface area contributed by atoms with Gasteiger partial charge in [-0.1, -0.05) is 18.9 Å². The second kappa shape index (κ2) is 6.02. The van der Waals surface area contributed by atoms with Crippen molar-refractivity contribution >= 4 is 11.6 Å². The normalized spacial score (nSPS) is 22.6. The van der Waals surface area contributed by atoms with Gasteiger partial charge in [0, 0.05) is 18.8 Å². The number of hydrogen-bond donors (Lipinski definition) is 1. The summed E-state index contributed by atoms with van der Waals surface area (Å²) in [5.74, 6) is 1.40. The van der Waals surface area contributed by atoms with Crippen LogP contribution in [-0.4, -0.2) is 33.7 Å². The van der Waals surface area contributed by atoms with Gasteiger partial charge >= 0.3 is 0 Å². The van der Waals surface area contributed by atoms with Crippen molar-refractivity contribution in [2.24, 2.45) is 11.7 Å². The Balaban J connectivity index is 1.93. The summed E-state index contributed by atoms with van der Waals surface area (Å²) in [6.07, 6.45) is 7.03.